The Morgan fingerprint density at radius 1 is 1.42 bits per heavy atom. The lowest BCUT2D eigenvalue weighted by atomic mass is 10.1. The summed E-state index contributed by atoms with van der Waals surface area (Å²) in [5.74, 6) is -1.13. The van der Waals surface area contributed by atoms with E-state index in [1.54, 1.807) is 5.38 Å². The van der Waals surface area contributed by atoms with Gasteiger partial charge in [0.25, 0.3) is 5.91 Å². The average Bonchev–Trinajstić information content (AvgIpc) is 2.92. The number of nitrogens with one attached hydrogen (secondary N) is 1. The second kappa shape index (κ2) is 5.49. The van der Waals surface area contributed by atoms with Crippen molar-refractivity contribution in [1.82, 2.24) is 4.98 Å². The molecule has 0 aliphatic carbocycles. The Hall–Kier alpha value is -2.41. The van der Waals surface area contributed by atoms with Gasteiger partial charge < -0.3 is 15.2 Å². The number of nitrogens with zero attached hydrogens (tertiary/aromatic N) is 1. The summed E-state index contributed by atoms with van der Waals surface area (Å²) in [6, 6.07) is 4.34. The molecule has 0 radical (unpaired) electrons. The summed E-state index contributed by atoms with van der Waals surface area (Å²) in [4.78, 5) is 26.8. The first-order valence-electron chi connectivity index (χ1n) is 5.22. The number of hydrogen-bond donors (Lipinski definition) is 2. The first-order chi connectivity index (χ1) is 9.11. The summed E-state index contributed by atoms with van der Waals surface area (Å²) in [6.07, 6.45) is 0. The highest BCUT2D eigenvalue weighted by molar-refractivity contribution is 7.07. The summed E-state index contributed by atoms with van der Waals surface area (Å²) in [5.41, 5.74) is 1.93. The summed E-state index contributed by atoms with van der Waals surface area (Å²) < 4.78 is 5.00. The Labute approximate surface area is 112 Å². The monoisotopic (exact) mass is 278 g/mol. The van der Waals surface area contributed by atoms with Gasteiger partial charge in [-0.1, -0.05) is 0 Å². The second-order valence-electron chi connectivity index (χ2n) is 3.54. The van der Waals surface area contributed by atoms with Gasteiger partial charge in [0.05, 0.1) is 23.9 Å². The van der Waals surface area contributed by atoms with Crippen LogP contribution in [0.15, 0.2) is 29.1 Å². The van der Waals surface area contributed by atoms with E-state index in [1.165, 1.54) is 42.2 Å². The minimum atomic E-state index is -1.13. The molecule has 1 aromatic carbocycles. The van der Waals surface area contributed by atoms with Crippen molar-refractivity contribution in [2.45, 2.75) is 0 Å². The molecule has 0 bridgehead atoms. The van der Waals surface area contributed by atoms with Crippen LogP contribution >= 0.6 is 11.3 Å². The van der Waals surface area contributed by atoms with Crippen LogP contribution in [-0.4, -0.2) is 29.1 Å². The van der Waals surface area contributed by atoms with Gasteiger partial charge in [0.15, 0.2) is 0 Å². The molecule has 19 heavy (non-hydrogen) atoms. The quantitative estimate of drug-likeness (QED) is 0.894. The average molecular weight is 278 g/mol. The third-order valence-corrected chi connectivity index (χ3v) is 2.96. The van der Waals surface area contributed by atoms with Crippen molar-refractivity contribution < 1.29 is 19.4 Å². The third-order valence-electron chi connectivity index (χ3n) is 2.37. The Balaban J connectivity index is 2.32. The SMILES string of the molecule is COc1ccc(C(=O)O)c(NC(=O)c2cscn2)c1. The van der Waals surface area contributed by atoms with Crippen molar-refractivity contribution in [3.63, 3.8) is 0 Å². The van der Waals surface area contributed by atoms with Gasteiger partial charge in [0.1, 0.15) is 11.4 Å². The van der Waals surface area contributed by atoms with E-state index in [-0.39, 0.29) is 16.9 Å². The number of amides is 1. The molecule has 6 nitrogen and oxygen atoms in total. The van der Waals surface area contributed by atoms with Crippen LogP contribution in [0.3, 0.4) is 0 Å². The number of aromatic carboxylic acids is 1. The fraction of sp³-hybridized carbons (Fsp3) is 0.0833. The van der Waals surface area contributed by atoms with Gasteiger partial charge in [-0.05, 0) is 12.1 Å². The summed E-state index contributed by atoms with van der Waals surface area (Å²) in [6.45, 7) is 0. The Kier molecular flexibility index (Phi) is 3.76. The maximum Gasteiger partial charge on any atom is 0.337 e. The van der Waals surface area contributed by atoms with Crippen molar-refractivity contribution in [2.24, 2.45) is 0 Å². The number of aromatic nitrogens is 1. The summed E-state index contributed by atoms with van der Waals surface area (Å²) >= 11 is 1.28. The largest absolute Gasteiger partial charge is 0.497 e. The topological polar surface area (TPSA) is 88.5 Å². The predicted molar refractivity (Wildman–Crippen MR) is 70.0 cm³/mol. The number of ether oxygens (including phenoxy) is 1. The smallest absolute Gasteiger partial charge is 0.337 e. The third kappa shape index (κ3) is 2.89. The zero-order valence-corrected chi connectivity index (χ0v) is 10.7. The molecule has 7 heteroatoms. The number of benzene rings is 1. The number of carboxylic acid groups (broad SMARTS) is 1. The van der Waals surface area contributed by atoms with E-state index < -0.39 is 11.9 Å². The van der Waals surface area contributed by atoms with Gasteiger partial charge in [0.2, 0.25) is 0 Å². The highest BCUT2D eigenvalue weighted by Crippen LogP contribution is 2.23. The van der Waals surface area contributed by atoms with Crippen LogP contribution < -0.4 is 10.1 Å². The maximum absolute atomic E-state index is 11.8. The van der Waals surface area contributed by atoms with Gasteiger partial charge >= 0.3 is 5.97 Å². The molecular formula is C12H10N2O4S. The predicted octanol–water partition coefficient (Wildman–Crippen LogP) is 2.10. The van der Waals surface area contributed by atoms with E-state index >= 15 is 0 Å². The molecule has 0 aliphatic heterocycles. The number of anilines is 1. The molecule has 2 rings (SSSR count). The van der Waals surface area contributed by atoms with Crippen molar-refractivity contribution in [3.8, 4) is 5.75 Å². The molecule has 0 atom stereocenters. The van der Waals surface area contributed by atoms with Gasteiger partial charge in [-0.3, -0.25) is 4.79 Å². The van der Waals surface area contributed by atoms with E-state index in [9.17, 15) is 9.59 Å². The molecule has 1 heterocycles. The minimum absolute atomic E-state index is 0.00983. The molecule has 1 aromatic heterocycles. The number of hydrogen-bond acceptors (Lipinski definition) is 5. The number of carbonyl (C=O) groups excluding carboxylic acids is 1. The van der Waals surface area contributed by atoms with Crippen LogP contribution in [0.2, 0.25) is 0 Å². The number of methoxy groups -OCH3 is 1. The summed E-state index contributed by atoms with van der Waals surface area (Å²) in [7, 11) is 1.46. The molecule has 0 spiro atoms. The molecule has 0 saturated carbocycles. The van der Waals surface area contributed by atoms with E-state index in [4.69, 9.17) is 9.84 Å². The lowest BCUT2D eigenvalue weighted by molar-refractivity contribution is 0.0698. The highest BCUT2D eigenvalue weighted by atomic mass is 32.1. The van der Waals surface area contributed by atoms with Crippen LogP contribution in [0.25, 0.3) is 0 Å². The number of thiazole rings is 1. The van der Waals surface area contributed by atoms with Crippen LogP contribution in [0.5, 0.6) is 5.75 Å². The van der Waals surface area contributed by atoms with Crippen LogP contribution in [0, 0.1) is 0 Å². The standard InChI is InChI=1S/C12H10N2O4S/c1-18-7-2-3-8(12(16)17)9(4-7)14-11(15)10-5-19-6-13-10/h2-6H,1H3,(H,14,15)(H,16,17). The lowest BCUT2D eigenvalue weighted by Gasteiger charge is -2.09. The minimum Gasteiger partial charge on any atom is -0.497 e. The molecular weight excluding hydrogens is 268 g/mol. The van der Waals surface area contributed by atoms with E-state index in [1.807, 2.05) is 0 Å². The summed E-state index contributed by atoms with van der Waals surface area (Å²) in [5, 5.41) is 13.2. The molecule has 98 valence electrons. The zero-order chi connectivity index (χ0) is 13.8. The Bertz CT molecular complexity index is 610. The van der Waals surface area contributed by atoms with Crippen molar-refractivity contribution in [3.05, 3.63) is 40.3 Å². The second-order valence-corrected chi connectivity index (χ2v) is 4.26. The molecule has 2 N–H and O–H groups in total. The number of carboxylic acids is 1. The molecule has 2 aromatic rings. The molecule has 0 saturated heterocycles. The van der Waals surface area contributed by atoms with E-state index in [2.05, 4.69) is 10.3 Å². The van der Waals surface area contributed by atoms with Crippen LogP contribution in [-0.2, 0) is 0 Å². The molecule has 0 fully saturated rings. The van der Waals surface area contributed by atoms with Crippen molar-refractivity contribution in [1.29, 1.82) is 0 Å². The van der Waals surface area contributed by atoms with Gasteiger partial charge in [-0.2, -0.15) is 0 Å². The number of carbonyl (C=O) groups is 2. The number of rotatable bonds is 4. The van der Waals surface area contributed by atoms with Gasteiger partial charge in [-0.15, -0.1) is 11.3 Å². The fourth-order valence-electron chi connectivity index (χ4n) is 1.45. The first-order valence-corrected chi connectivity index (χ1v) is 6.17. The van der Waals surface area contributed by atoms with E-state index in [0.29, 0.717) is 5.75 Å². The van der Waals surface area contributed by atoms with Crippen molar-refractivity contribution >= 4 is 28.9 Å². The lowest BCUT2D eigenvalue weighted by Crippen LogP contribution is -2.15. The Morgan fingerprint density at radius 3 is 2.79 bits per heavy atom. The van der Waals surface area contributed by atoms with Crippen molar-refractivity contribution in [2.75, 3.05) is 12.4 Å². The molecule has 0 unspecified atom stereocenters. The van der Waals surface area contributed by atoms with Crippen LogP contribution in [0.4, 0.5) is 5.69 Å². The Morgan fingerprint density at radius 2 is 2.21 bits per heavy atom. The normalized spacial score (nSPS) is 9.95. The first kappa shape index (κ1) is 13.0. The fourth-order valence-corrected chi connectivity index (χ4v) is 1.98. The maximum atomic E-state index is 11.8. The van der Waals surface area contributed by atoms with Gasteiger partial charge in [0, 0.05) is 11.4 Å². The molecule has 0 aliphatic rings. The van der Waals surface area contributed by atoms with E-state index in [0.717, 1.165) is 0 Å². The molecule has 1 amide bonds. The highest BCUT2D eigenvalue weighted by Gasteiger charge is 2.15. The zero-order valence-electron chi connectivity index (χ0n) is 9.91. The van der Waals surface area contributed by atoms with Crippen LogP contribution in [0.1, 0.15) is 20.8 Å². The van der Waals surface area contributed by atoms with Gasteiger partial charge in [-0.25, -0.2) is 9.78 Å².